The summed E-state index contributed by atoms with van der Waals surface area (Å²) in [5.41, 5.74) is 0.691. The van der Waals surface area contributed by atoms with Crippen LogP contribution in [-0.2, 0) is 0 Å². The summed E-state index contributed by atoms with van der Waals surface area (Å²) in [7, 11) is 0. The highest BCUT2D eigenvalue weighted by molar-refractivity contribution is 5.97. The Bertz CT molecular complexity index is 456. The van der Waals surface area contributed by atoms with Crippen LogP contribution in [0.2, 0.25) is 0 Å². The Morgan fingerprint density at radius 1 is 1.25 bits per heavy atom. The Morgan fingerprint density at radius 3 is 2.75 bits per heavy atom. The first-order valence-electron chi connectivity index (χ1n) is 7.63. The summed E-state index contributed by atoms with van der Waals surface area (Å²) < 4.78 is 5.76. The lowest BCUT2D eigenvalue weighted by Gasteiger charge is -2.22. The van der Waals surface area contributed by atoms with Gasteiger partial charge in [-0.2, -0.15) is 0 Å². The summed E-state index contributed by atoms with van der Waals surface area (Å²) in [6.07, 6.45) is 3.49. The Balaban J connectivity index is 2.15. The molecule has 0 aliphatic carbocycles. The molecule has 1 fully saturated rings. The minimum atomic E-state index is 0.0769. The Labute approximate surface area is 121 Å². The number of nitrogens with zero attached hydrogens (tertiary/aromatic N) is 1. The summed E-state index contributed by atoms with van der Waals surface area (Å²) >= 11 is 0. The van der Waals surface area contributed by atoms with Gasteiger partial charge in [0.1, 0.15) is 5.75 Å². The SMILES string of the molecule is CC1CCCN(C(=O)c2ccccc2OC(C)C)CC1. The average Bonchev–Trinajstić information content (AvgIpc) is 2.63. The van der Waals surface area contributed by atoms with Crippen molar-refractivity contribution in [1.82, 2.24) is 4.90 Å². The molecule has 1 aromatic rings. The van der Waals surface area contributed by atoms with Crippen LogP contribution in [0.4, 0.5) is 0 Å². The third-order valence-corrected chi connectivity index (χ3v) is 3.78. The number of likely N-dealkylation sites (tertiary alicyclic amines) is 1. The number of hydrogen-bond donors (Lipinski definition) is 0. The molecule has 1 heterocycles. The summed E-state index contributed by atoms with van der Waals surface area (Å²) in [4.78, 5) is 14.7. The van der Waals surface area contributed by atoms with Crippen LogP contribution in [0.3, 0.4) is 0 Å². The minimum Gasteiger partial charge on any atom is -0.490 e. The molecular weight excluding hydrogens is 250 g/mol. The first-order chi connectivity index (χ1) is 9.58. The maximum absolute atomic E-state index is 12.7. The van der Waals surface area contributed by atoms with Crippen molar-refractivity contribution in [1.29, 1.82) is 0 Å². The smallest absolute Gasteiger partial charge is 0.257 e. The average molecular weight is 275 g/mol. The second-order valence-electron chi connectivity index (χ2n) is 5.99. The monoisotopic (exact) mass is 275 g/mol. The van der Waals surface area contributed by atoms with Gasteiger partial charge in [0.25, 0.3) is 5.91 Å². The van der Waals surface area contributed by atoms with E-state index in [0.717, 1.165) is 31.8 Å². The molecule has 1 atom stereocenters. The largest absolute Gasteiger partial charge is 0.490 e. The van der Waals surface area contributed by atoms with Crippen LogP contribution in [0, 0.1) is 5.92 Å². The van der Waals surface area contributed by atoms with Crippen molar-refractivity contribution in [3.8, 4) is 5.75 Å². The number of para-hydroxylation sites is 1. The molecule has 0 spiro atoms. The fraction of sp³-hybridized carbons (Fsp3) is 0.588. The molecule has 1 unspecified atom stereocenters. The number of carbonyl (C=O) groups excluding carboxylic acids is 1. The second kappa shape index (κ2) is 6.78. The van der Waals surface area contributed by atoms with E-state index in [4.69, 9.17) is 4.74 Å². The van der Waals surface area contributed by atoms with Gasteiger partial charge >= 0.3 is 0 Å². The topological polar surface area (TPSA) is 29.5 Å². The quantitative estimate of drug-likeness (QED) is 0.841. The lowest BCUT2D eigenvalue weighted by atomic mass is 10.0. The lowest BCUT2D eigenvalue weighted by Crippen LogP contribution is -2.32. The Hall–Kier alpha value is -1.51. The van der Waals surface area contributed by atoms with Crippen LogP contribution < -0.4 is 4.74 Å². The molecule has 0 radical (unpaired) electrons. The second-order valence-corrected chi connectivity index (χ2v) is 5.99. The third kappa shape index (κ3) is 3.75. The molecule has 0 aromatic heterocycles. The van der Waals surface area contributed by atoms with Crippen molar-refractivity contribution in [2.75, 3.05) is 13.1 Å². The molecule has 1 saturated heterocycles. The molecule has 110 valence electrons. The predicted molar refractivity (Wildman–Crippen MR) is 81.1 cm³/mol. The summed E-state index contributed by atoms with van der Waals surface area (Å²) in [6.45, 7) is 7.95. The van der Waals surface area contributed by atoms with Gasteiger partial charge in [0, 0.05) is 13.1 Å². The molecule has 0 bridgehead atoms. The zero-order valence-corrected chi connectivity index (χ0v) is 12.8. The summed E-state index contributed by atoms with van der Waals surface area (Å²) in [5, 5.41) is 0. The van der Waals surface area contributed by atoms with E-state index in [2.05, 4.69) is 6.92 Å². The van der Waals surface area contributed by atoms with Crippen molar-refractivity contribution in [3.63, 3.8) is 0 Å². The van der Waals surface area contributed by atoms with E-state index in [-0.39, 0.29) is 12.0 Å². The highest BCUT2D eigenvalue weighted by atomic mass is 16.5. The van der Waals surface area contributed by atoms with Gasteiger partial charge in [-0.25, -0.2) is 0 Å². The molecule has 1 aliphatic rings. The number of ether oxygens (including phenoxy) is 1. The van der Waals surface area contributed by atoms with Gasteiger partial charge in [-0.1, -0.05) is 19.1 Å². The van der Waals surface area contributed by atoms with Gasteiger partial charge < -0.3 is 9.64 Å². The van der Waals surface area contributed by atoms with Crippen LogP contribution in [0.15, 0.2) is 24.3 Å². The van der Waals surface area contributed by atoms with E-state index in [1.165, 1.54) is 6.42 Å². The highest BCUT2D eigenvalue weighted by Crippen LogP contribution is 2.24. The predicted octanol–water partition coefficient (Wildman–Crippen LogP) is 3.74. The minimum absolute atomic E-state index is 0.0769. The normalized spacial score (nSPS) is 19.8. The van der Waals surface area contributed by atoms with Crippen LogP contribution >= 0.6 is 0 Å². The fourth-order valence-electron chi connectivity index (χ4n) is 2.64. The van der Waals surface area contributed by atoms with Crippen molar-refractivity contribution >= 4 is 5.91 Å². The standard InChI is InChI=1S/C17H25NO2/c1-13(2)20-16-9-5-4-8-15(16)17(19)18-11-6-7-14(3)10-12-18/h4-5,8-9,13-14H,6-7,10-12H2,1-3H3. The van der Waals surface area contributed by atoms with Crippen molar-refractivity contribution in [2.45, 2.75) is 46.1 Å². The van der Waals surface area contributed by atoms with Gasteiger partial charge in [-0.15, -0.1) is 0 Å². The first-order valence-corrected chi connectivity index (χ1v) is 7.63. The van der Waals surface area contributed by atoms with Gasteiger partial charge in [-0.05, 0) is 51.2 Å². The van der Waals surface area contributed by atoms with Gasteiger partial charge in [0.15, 0.2) is 0 Å². The van der Waals surface area contributed by atoms with Crippen molar-refractivity contribution in [3.05, 3.63) is 29.8 Å². The first kappa shape index (κ1) is 14.9. The van der Waals surface area contributed by atoms with E-state index in [9.17, 15) is 4.79 Å². The van der Waals surface area contributed by atoms with Gasteiger partial charge in [-0.3, -0.25) is 4.79 Å². The third-order valence-electron chi connectivity index (χ3n) is 3.78. The zero-order valence-electron chi connectivity index (χ0n) is 12.8. The van der Waals surface area contributed by atoms with Gasteiger partial charge in [0.2, 0.25) is 0 Å². The molecule has 20 heavy (non-hydrogen) atoms. The van der Waals surface area contributed by atoms with Crippen LogP contribution in [0.25, 0.3) is 0 Å². The lowest BCUT2D eigenvalue weighted by molar-refractivity contribution is 0.0754. The summed E-state index contributed by atoms with van der Waals surface area (Å²) in [5.74, 6) is 1.52. The van der Waals surface area contributed by atoms with Crippen LogP contribution in [0.5, 0.6) is 5.75 Å². The van der Waals surface area contributed by atoms with Gasteiger partial charge in [0.05, 0.1) is 11.7 Å². The van der Waals surface area contributed by atoms with E-state index < -0.39 is 0 Å². The molecule has 2 rings (SSSR count). The molecule has 0 saturated carbocycles. The van der Waals surface area contributed by atoms with E-state index in [0.29, 0.717) is 11.3 Å². The molecular formula is C17H25NO2. The van der Waals surface area contributed by atoms with Crippen LogP contribution in [0.1, 0.15) is 50.4 Å². The van der Waals surface area contributed by atoms with Crippen molar-refractivity contribution in [2.24, 2.45) is 5.92 Å². The highest BCUT2D eigenvalue weighted by Gasteiger charge is 2.22. The number of carbonyl (C=O) groups is 1. The van der Waals surface area contributed by atoms with Crippen LogP contribution in [-0.4, -0.2) is 30.0 Å². The van der Waals surface area contributed by atoms with E-state index in [1.54, 1.807) is 0 Å². The zero-order chi connectivity index (χ0) is 14.5. The molecule has 1 aliphatic heterocycles. The van der Waals surface area contributed by atoms with Crippen molar-refractivity contribution < 1.29 is 9.53 Å². The Morgan fingerprint density at radius 2 is 2.00 bits per heavy atom. The van der Waals surface area contributed by atoms with E-state index in [1.807, 2.05) is 43.0 Å². The summed E-state index contributed by atoms with van der Waals surface area (Å²) in [6, 6.07) is 7.57. The fourth-order valence-corrected chi connectivity index (χ4v) is 2.64. The maximum Gasteiger partial charge on any atom is 0.257 e. The maximum atomic E-state index is 12.7. The molecule has 1 aromatic carbocycles. The number of hydrogen-bond acceptors (Lipinski definition) is 2. The molecule has 1 amide bonds. The molecule has 0 N–H and O–H groups in total. The molecule has 3 heteroatoms. The number of amides is 1. The molecule has 3 nitrogen and oxygen atoms in total. The number of rotatable bonds is 3. The van der Waals surface area contributed by atoms with E-state index >= 15 is 0 Å². The Kier molecular flexibility index (Phi) is 5.05. The number of benzene rings is 1.